The van der Waals surface area contributed by atoms with E-state index in [0.29, 0.717) is 18.2 Å². The summed E-state index contributed by atoms with van der Waals surface area (Å²) in [5.41, 5.74) is 0.871. The monoisotopic (exact) mass is 237 g/mol. The van der Waals surface area contributed by atoms with Gasteiger partial charge in [0.2, 0.25) is 0 Å². The molecule has 17 heavy (non-hydrogen) atoms. The number of aliphatic hydroxyl groups excluding tert-OH is 1. The Morgan fingerprint density at radius 2 is 1.88 bits per heavy atom. The molecule has 0 heterocycles. The van der Waals surface area contributed by atoms with E-state index in [0.717, 1.165) is 18.4 Å². The first-order valence-electron chi connectivity index (χ1n) is 6.24. The molecule has 0 aliphatic rings. The zero-order chi connectivity index (χ0) is 12.7. The van der Waals surface area contributed by atoms with E-state index in [1.807, 2.05) is 12.1 Å². The molecule has 96 valence electrons. The summed E-state index contributed by atoms with van der Waals surface area (Å²) in [6.45, 7) is 5.09. The predicted octanol–water partition coefficient (Wildman–Crippen LogP) is 2.28. The lowest BCUT2D eigenvalue weighted by Crippen LogP contribution is -2.32. The highest BCUT2D eigenvalue weighted by Crippen LogP contribution is 2.15. The van der Waals surface area contributed by atoms with Crippen molar-refractivity contribution in [2.45, 2.75) is 39.3 Å². The molecule has 1 aromatic carbocycles. The van der Waals surface area contributed by atoms with E-state index in [1.165, 1.54) is 0 Å². The number of benzene rings is 1. The van der Waals surface area contributed by atoms with E-state index in [1.54, 1.807) is 12.1 Å². The lowest BCUT2D eigenvalue weighted by atomic mass is 10.0. The molecule has 0 aromatic heterocycles. The van der Waals surface area contributed by atoms with Crippen LogP contribution in [0.3, 0.4) is 0 Å². The molecule has 0 spiro atoms. The number of hydrogen-bond donors (Lipinski definition) is 3. The molecule has 1 rings (SSSR count). The highest BCUT2D eigenvalue weighted by Gasteiger charge is 2.08. The molecule has 3 nitrogen and oxygen atoms in total. The van der Waals surface area contributed by atoms with E-state index in [2.05, 4.69) is 19.2 Å². The first kappa shape index (κ1) is 14.0. The Morgan fingerprint density at radius 3 is 2.47 bits per heavy atom. The van der Waals surface area contributed by atoms with Crippen LogP contribution >= 0.6 is 0 Å². The molecular formula is C14H23NO2. The molecule has 1 atom stereocenters. The fourth-order valence-corrected chi connectivity index (χ4v) is 1.71. The van der Waals surface area contributed by atoms with Crippen molar-refractivity contribution in [1.29, 1.82) is 0 Å². The van der Waals surface area contributed by atoms with Crippen molar-refractivity contribution >= 4 is 0 Å². The van der Waals surface area contributed by atoms with Crippen LogP contribution in [0.25, 0.3) is 0 Å². The van der Waals surface area contributed by atoms with Crippen LogP contribution in [0, 0.1) is 5.92 Å². The van der Waals surface area contributed by atoms with Crippen LogP contribution < -0.4 is 5.32 Å². The molecule has 0 aliphatic carbocycles. The van der Waals surface area contributed by atoms with E-state index >= 15 is 0 Å². The zero-order valence-corrected chi connectivity index (χ0v) is 10.7. The van der Waals surface area contributed by atoms with Gasteiger partial charge in [0.1, 0.15) is 5.75 Å². The van der Waals surface area contributed by atoms with Gasteiger partial charge in [-0.2, -0.15) is 0 Å². The van der Waals surface area contributed by atoms with E-state index in [-0.39, 0.29) is 12.6 Å². The van der Waals surface area contributed by atoms with Crippen molar-refractivity contribution in [3.8, 4) is 5.75 Å². The maximum absolute atomic E-state index is 9.61. The standard InChI is InChI=1S/C14H23NO2/c1-11(2)7-8-13(10-16)15-9-12-5-3-4-6-14(12)17/h3-6,11,13,15-17H,7-10H2,1-2H3/t13-/m0/s1. The van der Waals surface area contributed by atoms with Gasteiger partial charge in [-0.05, 0) is 24.8 Å². The van der Waals surface area contributed by atoms with Gasteiger partial charge in [0, 0.05) is 18.2 Å². The van der Waals surface area contributed by atoms with Crippen LogP contribution in [0.15, 0.2) is 24.3 Å². The Balaban J connectivity index is 2.40. The van der Waals surface area contributed by atoms with Gasteiger partial charge in [0.15, 0.2) is 0 Å². The van der Waals surface area contributed by atoms with E-state index in [9.17, 15) is 10.2 Å². The number of aliphatic hydroxyl groups is 1. The summed E-state index contributed by atoms with van der Waals surface area (Å²) in [6.07, 6.45) is 2.06. The summed E-state index contributed by atoms with van der Waals surface area (Å²) in [6, 6.07) is 7.38. The van der Waals surface area contributed by atoms with Crippen LogP contribution in [-0.4, -0.2) is 22.9 Å². The van der Waals surface area contributed by atoms with Crippen LogP contribution in [-0.2, 0) is 6.54 Å². The Hall–Kier alpha value is -1.06. The molecule has 0 amide bonds. The lowest BCUT2D eigenvalue weighted by molar-refractivity contribution is 0.228. The summed E-state index contributed by atoms with van der Waals surface area (Å²) in [4.78, 5) is 0. The van der Waals surface area contributed by atoms with Gasteiger partial charge in [-0.3, -0.25) is 0 Å². The Morgan fingerprint density at radius 1 is 1.18 bits per heavy atom. The number of phenolic OH excluding ortho intramolecular Hbond substituents is 1. The van der Waals surface area contributed by atoms with Gasteiger partial charge < -0.3 is 15.5 Å². The van der Waals surface area contributed by atoms with Crippen molar-refractivity contribution in [3.63, 3.8) is 0 Å². The number of rotatable bonds is 7. The van der Waals surface area contributed by atoms with Gasteiger partial charge in [-0.15, -0.1) is 0 Å². The molecule has 0 saturated heterocycles. The van der Waals surface area contributed by atoms with Gasteiger partial charge in [0.05, 0.1) is 6.61 Å². The molecule has 0 saturated carbocycles. The van der Waals surface area contributed by atoms with Crippen molar-refractivity contribution < 1.29 is 10.2 Å². The highest BCUT2D eigenvalue weighted by molar-refractivity contribution is 5.31. The average molecular weight is 237 g/mol. The minimum Gasteiger partial charge on any atom is -0.508 e. The van der Waals surface area contributed by atoms with Gasteiger partial charge in [-0.1, -0.05) is 32.0 Å². The Kier molecular flexibility index (Phi) is 6.01. The predicted molar refractivity (Wildman–Crippen MR) is 69.9 cm³/mol. The van der Waals surface area contributed by atoms with Crippen molar-refractivity contribution in [3.05, 3.63) is 29.8 Å². The maximum atomic E-state index is 9.61. The molecule has 1 aromatic rings. The molecule has 3 heteroatoms. The molecule has 0 fully saturated rings. The van der Waals surface area contributed by atoms with Crippen molar-refractivity contribution in [1.82, 2.24) is 5.32 Å². The quantitative estimate of drug-likeness (QED) is 0.682. The molecule has 0 radical (unpaired) electrons. The van der Waals surface area contributed by atoms with Crippen molar-refractivity contribution in [2.24, 2.45) is 5.92 Å². The first-order valence-corrected chi connectivity index (χ1v) is 6.24. The number of aromatic hydroxyl groups is 1. The third-order valence-corrected chi connectivity index (χ3v) is 2.89. The number of hydrogen-bond acceptors (Lipinski definition) is 3. The van der Waals surface area contributed by atoms with E-state index in [4.69, 9.17) is 0 Å². The summed E-state index contributed by atoms with van der Waals surface area (Å²) in [5.74, 6) is 0.955. The fraction of sp³-hybridized carbons (Fsp3) is 0.571. The van der Waals surface area contributed by atoms with Crippen LogP contribution in [0.5, 0.6) is 5.75 Å². The second kappa shape index (κ2) is 7.30. The van der Waals surface area contributed by atoms with Crippen LogP contribution in [0.4, 0.5) is 0 Å². The Labute approximate surface area is 103 Å². The molecule has 3 N–H and O–H groups in total. The molecule has 0 aliphatic heterocycles. The third kappa shape index (κ3) is 5.20. The largest absolute Gasteiger partial charge is 0.508 e. The Bertz CT molecular complexity index is 326. The smallest absolute Gasteiger partial charge is 0.120 e. The summed E-state index contributed by atoms with van der Waals surface area (Å²) >= 11 is 0. The second-order valence-corrected chi connectivity index (χ2v) is 4.86. The minimum absolute atomic E-state index is 0.108. The lowest BCUT2D eigenvalue weighted by Gasteiger charge is -2.17. The summed E-state index contributed by atoms with van der Waals surface area (Å²) in [7, 11) is 0. The number of para-hydroxylation sites is 1. The average Bonchev–Trinajstić information content (AvgIpc) is 2.31. The van der Waals surface area contributed by atoms with Crippen LogP contribution in [0.2, 0.25) is 0 Å². The third-order valence-electron chi connectivity index (χ3n) is 2.89. The minimum atomic E-state index is 0.108. The summed E-state index contributed by atoms with van der Waals surface area (Å²) < 4.78 is 0. The number of phenols is 1. The molecule has 0 unspecified atom stereocenters. The van der Waals surface area contributed by atoms with E-state index < -0.39 is 0 Å². The van der Waals surface area contributed by atoms with Crippen LogP contribution in [0.1, 0.15) is 32.3 Å². The second-order valence-electron chi connectivity index (χ2n) is 4.86. The number of nitrogens with one attached hydrogen (secondary N) is 1. The van der Waals surface area contributed by atoms with Crippen molar-refractivity contribution in [2.75, 3.05) is 6.61 Å². The summed E-state index contributed by atoms with van der Waals surface area (Å²) in [5, 5.41) is 22.1. The van der Waals surface area contributed by atoms with Gasteiger partial charge in [-0.25, -0.2) is 0 Å². The van der Waals surface area contributed by atoms with Gasteiger partial charge in [0.25, 0.3) is 0 Å². The van der Waals surface area contributed by atoms with Gasteiger partial charge >= 0.3 is 0 Å². The molecular weight excluding hydrogens is 214 g/mol. The highest BCUT2D eigenvalue weighted by atomic mass is 16.3. The zero-order valence-electron chi connectivity index (χ0n) is 10.7. The molecule has 0 bridgehead atoms. The fourth-order valence-electron chi connectivity index (χ4n) is 1.71. The maximum Gasteiger partial charge on any atom is 0.120 e. The topological polar surface area (TPSA) is 52.5 Å². The normalized spacial score (nSPS) is 12.9. The SMILES string of the molecule is CC(C)CC[C@@H](CO)NCc1ccccc1O. The first-order chi connectivity index (χ1) is 8.13.